The number of rotatable bonds is 13. The first-order valence-electron chi connectivity index (χ1n) is 31.3. The van der Waals surface area contributed by atoms with E-state index in [9.17, 15) is 0 Å². The SMILES string of the molecule is [2H]C([2H])([2H])c1cc(Nc2cccc(-c3ccccc3)c2-c2ccc(Oc3cccc(N4CN(c5c(-c6ccccc6)cccc5-c5cc(-c6ccccc6)cc(-c6ccccc6)c5)c5ccccc54)c3)cc2)ncc1-c1ccc2c(c1)C(C)(C)CCC2(C)C. The third-order valence-electron chi connectivity index (χ3n) is 17.6. The minimum atomic E-state index is -2.40. The van der Waals surface area contributed by atoms with Gasteiger partial charge in [-0.15, -0.1) is 0 Å². The number of fused-ring (bicyclic) bond motifs is 2. The molecule has 5 heteroatoms. The second kappa shape index (κ2) is 22.4. The molecule has 0 radical (unpaired) electrons. The summed E-state index contributed by atoms with van der Waals surface area (Å²) in [5.74, 6) is 1.84. The molecule has 1 N–H and O–H groups in total. The Hall–Kier alpha value is -10.2. The van der Waals surface area contributed by atoms with Gasteiger partial charge in [-0.2, -0.15) is 0 Å². The Bertz CT molecular complexity index is 4510. The molecule has 1 aliphatic heterocycles. The number of pyridine rings is 1. The van der Waals surface area contributed by atoms with E-state index in [2.05, 4.69) is 261 Å². The topological polar surface area (TPSA) is 40.6 Å². The van der Waals surface area contributed by atoms with E-state index in [0.717, 1.165) is 114 Å². The number of hydrogen-bond donors (Lipinski definition) is 1. The van der Waals surface area contributed by atoms with Crippen LogP contribution in [0.15, 0.2) is 279 Å². The smallest absolute Gasteiger partial charge is 0.130 e. The monoisotopic (exact) mass is 1120 g/mol. The number of ether oxygens (including phenoxy) is 1. The van der Waals surface area contributed by atoms with Crippen molar-refractivity contribution in [3.05, 3.63) is 296 Å². The van der Waals surface area contributed by atoms with Crippen molar-refractivity contribution >= 4 is 34.3 Å². The lowest BCUT2D eigenvalue weighted by atomic mass is 9.63. The highest BCUT2D eigenvalue weighted by molar-refractivity contribution is 6.00. The molecular weight excluding hydrogens is 1040 g/mol. The average molecular weight is 1120 g/mol. The van der Waals surface area contributed by atoms with Gasteiger partial charge in [-0.1, -0.05) is 228 Å². The maximum absolute atomic E-state index is 8.80. The molecule has 0 fully saturated rings. The van der Waals surface area contributed by atoms with Crippen molar-refractivity contribution in [1.29, 1.82) is 0 Å². The Kier molecular flexibility index (Phi) is 13.1. The highest BCUT2D eigenvalue weighted by Gasteiger charge is 2.37. The molecule has 5 nitrogen and oxygen atoms in total. The minimum Gasteiger partial charge on any atom is -0.457 e. The number of para-hydroxylation sites is 3. The van der Waals surface area contributed by atoms with Crippen LogP contribution in [0.2, 0.25) is 0 Å². The lowest BCUT2D eigenvalue weighted by Gasteiger charge is -2.42. The third kappa shape index (κ3) is 10.4. The van der Waals surface area contributed by atoms with Crippen LogP contribution in [-0.4, -0.2) is 11.7 Å². The van der Waals surface area contributed by atoms with Crippen molar-refractivity contribution in [2.75, 3.05) is 21.8 Å². The van der Waals surface area contributed by atoms with Crippen molar-refractivity contribution < 1.29 is 8.85 Å². The molecule has 0 atom stereocenters. The van der Waals surface area contributed by atoms with Gasteiger partial charge >= 0.3 is 0 Å². The van der Waals surface area contributed by atoms with Crippen molar-refractivity contribution in [2.24, 2.45) is 0 Å². The Balaban J connectivity index is 0.784. The molecule has 1 aromatic heterocycles. The van der Waals surface area contributed by atoms with Gasteiger partial charge in [0.15, 0.2) is 0 Å². The van der Waals surface area contributed by atoms with E-state index in [0.29, 0.717) is 29.5 Å². The lowest BCUT2D eigenvalue weighted by Crippen LogP contribution is -2.33. The molecule has 0 amide bonds. The zero-order valence-corrected chi connectivity index (χ0v) is 48.9. The van der Waals surface area contributed by atoms with E-state index in [1.165, 1.54) is 11.1 Å². The van der Waals surface area contributed by atoms with E-state index < -0.39 is 6.85 Å². The zero-order chi connectivity index (χ0) is 60.9. The molecule has 0 spiro atoms. The number of nitrogens with one attached hydrogen (secondary N) is 1. The summed E-state index contributed by atoms with van der Waals surface area (Å²) in [5, 5.41) is 3.59. The van der Waals surface area contributed by atoms with Crippen LogP contribution in [0.3, 0.4) is 0 Å². The highest BCUT2D eigenvalue weighted by atomic mass is 16.5. The maximum Gasteiger partial charge on any atom is 0.130 e. The number of aryl methyl sites for hydroxylation is 1. The Morgan fingerprint density at radius 1 is 0.407 bits per heavy atom. The number of nitrogens with zero attached hydrogens (tertiary/aromatic N) is 3. The molecule has 2 heterocycles. The fourth-order valence-electron chi connectivity index (χ4n) is 12.9. The molecular formula is C81H68N4O. The van der Waals surface area contributed by atoms with E-state index in [-0.39, 0.29) is 16.4 Å². The first-order valence-corrected chi connectivity index (χ1v) is 29.8. The molecule has 2 aliphatic rings. The fraction of sp³-hybridized carbons (Fsp3) is 0.123. The van der Waals surface area contributed by atoms with Gasteiger partial charge in [0.05, 0.1) is 17.1 Å². The van der Waals surface area contributed by atoms with Crippen molar-refractivity contribution in [1.82, 2.24) is 4.98 Å². The normalized spacial score (nSPS) is 14.5. The molecule has 0 bridgehead atoms. The summed E-state index contributed by atoms with van der Waals surface area (Å²) < 4.78 is 33.2. The molecule has 0 unspecified atom stereocenters. The largest absolute Gasteiger partial charge is 0.457 e. The Morgan fingerprint density at radius 3 is 1.59 bits per heavy atom. The van der Waals surface area contributed by atoms with Gasteiger partial charge in [0.25, 0.3) is 0 Å². The summed E-state index contributed by atoms with van der Waals surface area (Å²) in [7, 11) is 0. The number of anilines is 6. The van der Waals surface area contributed by atoms with E-state index >= 15 is 0 Å². The standard InChI is InChI=1S/C81H68N4O/c1-55-47-77(82-53-71(55)61-41-44-72-73(51-61)81(4,5)46-45-80(72,2)3)83-74-36-22-33-68(58-27-14-8-15-28-58)78(74)60-39-42-66(43-40-60)86-67-32-20-31-65(52-67)84-54-85(76-38-19-18-37-75(76)84)79-69(59-29-16-9-17-30-59)34-21-35-70(79)64-49-62(56-23-10-6-11-24-56)48-63(50-64)57-25-12-7-13-26-57/h6-44,47-53H,45-46,54H2,1-5H3,(H,82,83)/i1D3. The van der Waals surface area contributed by atoms with Crippen LogP contribution in [0.4, 0.5) is 34.3 Å². The molecule has 11 aromatic carbocycles. The highest BCUT2D eigenvalue weighted by Crippen LogP contribution is 2.52. The van der Waals surface area contributed by atoms with Crippen LogP contribution >= 0.6 is 0 Å². The van der Waals surface area contributed by atoms with Crippen LogP contribution in [0.1, 0.15) is 61.3 Å². The first kappa shape index (κ1) is 50.3. The molecule has 1 aliphatic carbocycles. The number of aromatic nitrogens is 1. The summed E-state index contributed by atoms with van der Waals surface area (Å²) in [6.45, 7) is 7.35. The van der Waals surface area contributed by atoms with Gasteiger partial charge in [-0.05, 0) is 170 Å². The predicted molar refractivity (Wildman–Crippen MR) is 361 cm³/mol. The van der Waals surface area contributed by atoms with Crippen LogP contribution in [0, 0.1) is 6.85 Å². The van der Waals surface area contributed by atoms with Crippen molar-refractivity contribution in [2.45, 2.75) is 58.2 Å². The molecule has 0 saturated heterocycles. The van der Waals surface area contributed by atoms with Gasteiger partial charge in [0, 0.05) is 50.0 Å². The summed E-state index contributed by atoms with van der Waals surface area (Å²) in [6.07, 6.45) is 3.88. The molecule has 418 valence electrons. The van der Waals surface area contributed by atoms with Gasteiger partial charge in [0.2, 0.25) is 0 Å². The summed E-state index contributed by atoms with van der Waals surface area (Å²) >= 11 is 0. The molecule has 12 aromatic rings. The van der Waals surface area contributed by atoms with Crippen LogP contribution in [-0.2, 0) is 10.8 Å². The summed E-state index contributed by atoms with van der Waals surface area (Å²) in [4.78, 5) is 9.79. The van der Waals surface area contributed by atoms with Crippen molar-refractivity contribution in [3.8, 4) is 89.4 Å². The van der Waals surface area contributed by atoms with Crippen LogP contribution in [0.5, 0.6) is 11.5 Å². The minimum absolute atomic E-state index is 0.0348. The average Bonchev–Trinajstić information content (AvgIpc) is 1.83. The van der Waals surface area contributed by atoms with Crippen LogP contribution < -0.4 is 19.9 Å². The van der Waals surface area contributed by atoms with Gasteiger partial charge in [-0.25, -0.2) is 4.98 Å². The summed E-state index contributed by atoms with van der Waals surface area (Å²) in [5.41, 5.74) is 22.6. The lowest BCUT2D eigenvalue weighted by molar-refractivity contribution is 0.332. The first-order chi connectivity index (χ1) is 43.2. The van der Waals surface area contributed by atoms with Gasteiger partial charge < -0.3 is 19.9 Å². The zero-order valence-electron chi connectivity index (χ0n) is 51.9. The number of hydrogen-bond acceptors (Lipinski definition) is 5. The molecule has 86 heavy (non-hydrogen) atoms. The molecule has 14 rings (SSSR count). The van der Waals surface area contributed by atoms with Crippen LogP contribution in [0.25, 0.3) is 77.9 Å². The quantitative estimate of drug-likeness (QED) is 0.125. The second-order valence-corrected chi connectivity index (χ2v) is 24.1. The Morgan fingerprint density at radius 2 is 0.942 bits per heavy atom. The summed E-state index contributed by atoms with van der Waals surface area (Å²) in [6, 6.07) is 95.7. The maximum atomic E-state index is 8.80. The number of benzene rings is 11. The Labute approximate surface area is 510 Å². The van der Waals surface area contributed by atoms with Crippen molar-refractivity contribution in [3.63, 3.8) is 0 Å². The fourth-order valence-corrected chi connectivity index (χ4v) is 12.9. The van der Waals surface area contributed by atoms with E-state index in [1.807, 2.05) is 48.5 Å². The molecule has 0 saturated carbocycles. The van der Waals surface area contributed by atoms with E-state index in [1.54, 1.807) is 12.3 Å². The second-order valence-electron chi connectivity index (χ2n) is 24.1. The third-order valence-corrected chi connectivity index (χ3v) is 17.6. The predicted octanol–water partition coefficient (Wildman–Crippen LogP) is 22.2. The van der Waals surface area contributed by atoms with E-state index in [4.69, 9.17) is 13.8 Å². The van der Waals surface area contributed by atoms with Gasteiger partial charge in [0.1, 0.15) is 24.0 Å². The van der Waals surface area contributed by atoms with Gasteiger partial charge in [-0.3, -0.25) is 0 Å².